The summed E-state index contributed by atoms with van der Waals surface area (Å²) in [6, 6.07) is 0. The number of rotatable bonds is 7. The van der Waals surface area contributed by atoms with E-state index >= 15 is 0 Å². The molecule has 1 atom stereocenters. The number of hydrogen-bond donors (Lipinski definition) is 2. The maximum absolute atomic E-state index is 11.2. The highest BCUT2D eigenvalue weighted by molar-refractivity contribution is 5.69. The zero-order valence-electron chi connectivity index (χ0n) is 12.2. The van der Waals surface area contributed by atoms with E-state index in [2.05, 4.69) is 20.6 Å². The number of aromatic nitrogens is 2. The van der Waals surface area contributed by atoms with E-state index in [4.69, 9.17) is 4.74 Å². The molecule has 2 rings (SSSR count). The minimum absolute atomic E-state index is 0.107. The monoisotopic (exact) mass is 295 g/mol. The van der Waals surface area contributed by atoms with Crippen LogP contribution < -0.4 is 10.6 Å². The smallest absolute Gasteiger partial charge is 0.353 e. The van der Waals surface area contributed by atoms with E-state index in [0.29, 0.717) is 13.1 Å². The first-order chi connectivity index (χ1) is 10.2. The molecule has 2 heterocycles. The lowest BCUT2D eigenvalue weighted by Crippen LogP contribution is -2.22. The normalized spacial score (nSPS) is 18.2. The van der Waals surface area contributed by atoms with Crippen molar-refractivity contribution in [1.82, 2.24) is 9.97 Å². The van der Waals surface area contributed by atoms with Gasteiger partial charge in [-0.15, -0.1) is 0 Å². The van der Waals surface area contributed by atoms with Crippen LogP contribution in [0, 0.1) is 10.1 Å². The van der Waals surface area contributed by atoms with Crippen molar-refractivity contribution >= 4 is 17.3 Å². The molecule has 116 valence electrons. The van der Waals surface area contributed by atoms with Crippen LogP contribution in [0.1, 0.15) is 32.6 Å². The highest BCUT2D eigenvalue weighted by Gasteiger charge is 2.22. The van der Waals surface area contributed by atoms with Crippen molar-refractivity contribution in [3.05, 3.63) is 16.4 Å². The van der Waals surface area contributed by atoms with Gasteiger partial charge in [0.15, 0.2) is 0 Å². The average molecular weight is 295 g/mol. The molecule has 2 N–H and O–H groups in total. The molecule has 8 heteroatoms. The molecule has 0 bridgehead atoms. The van der Waals surface area contributed by atoms with Crippen molar-refractivity contribution in [2.75, 3.05) is 30.3 Å². The summed E-state index contributed by atoms with van der Waals surface area (Å²) in [6.07, 6.45) is 5.73. The quantitative estimate of drug-likeness (QED) is 0.587. The molecule has 0 aromatic carbocycles. The lowest BCUT2D eigenvalue weighted by atomic mass is 10.1. The first-order valence-corrected chi connectivity index (χ1v) is 7.31. The van der Waals surface area contributed by atoms with Crippen molar-refractivity contribution in [2.24, 2.45) is 0 Å². The van der Waals surface area contributed by atoms with Gasteiger partial charge in [-0.25, -0.2) is 9.97 Å². The third-order valence-electron chi connectivity index (χ3n) is 3.38. The summed E-state index contributed by atoms with van der Waals surface area (Å²) in [5.41, 5.74) is -0.107. The van der Waals surface area contributed by atoms with Crippen molar-refractivity contribution in [3.63, 3.8) is 0 Å². The van der Waals surface area contributed by atoms with E-state index in [1.165, 1.54) is 12.7 Å². The Bertz CT molecular complexity index is 477. The zero-order valence-corrected chi connectivity index (χ0v) is 12.2. The number of anilines is 2. The van der Waals surface area contributed by atoms with Crippen LogP contribution in [0.15, 0.2) is 6.33 Å². The second-order valence-corrected chi connectivity index (χ2v) is 4.91. The zero-order chi connectivity index (χ0) is 15.1. The summed E-state index contributed by atoms with van der Waals surface area (Å²) in [6.45, 7) is 3.82. The van der Waals surface area contributed by atoms with Gasteiger partial charge in [0.25, 0.3) is 0 Å². The Hall–Kier alpha value is -1.96. The van der Waals surface area contributed by atoms with Gasteiger partial charge in [-0.1, -0.05) is 0 Å². The van der Waals surface area contributed by atoms with E-state index in [1.807, 2.05) is 6.92 Å². The second-order valence-electron chi connectivity index (χ2n) is 4.91. The summed E-state index contributed by atoms with van der Waals surface area (Å²) >= 11 is 0. The van der Waals surface area contributed by atoms with E-state index < -0.39 is 4.92 Å². The van der Waals surface area contributed by atoms with Gasteiger partial charge in [0.05, 0.1) is 11.0 Å². The molecule has 1 aromatic heterocycles. The van der Waals surface area contributed by atoms with E-state index in [-0.39, 0.29) is 23.4 Å². The fraction of sp³-hybridized carbons (Fsp3) is 0.692. The minimum Gasteiger partial charge on any atom is -0.378 e. The molecule has 0 aliphatic carbocycles. The summed E-state index contributed by atoms with van der Waals surface area (Å²) in [4.78, 5) is 18.6. The van der Waals surface area contributed by atoms with E-state index in [0.717, 1.165) is 25.9 Å². The molecule has 21 heavy (non-hydrogen) atoms. The number of nitrogens with one attached hydrogen (secondary N) is 2. The van der Waals surface area contributed by atoms with Gasteiger partial charge in [-0.3, -0.25) is 10.1 Å². The van der Waals surface area contributed by atoms with Crippen LogP contribution in [0.5, 0.6) is 0 Å². The minimum atomic E-state index is -0.461. The predicted molar refractivity (Wildman–Crippen MR) is 79.5 cm³/mol. The molecule has 1 saturated heterocycles. The SMILES string of the molecule is CCNc1ncnc(NCCC2CCCCO2)c1[N+](=O)[O-]. The van der Waals surface area contributed by atoms with Gasteiger partial charge in [-0.2, -0.15) is 0 Å². The second kappa shape index (κ2) is 7.72. The molecule has 8 nitrogen and oxygen atoms in total. The Kier molecular flexibility index (Phi) is 5.68. The molecule has 1 unspecified atom stereocenters. The molecule has 0 amide bonds. The third-order valence-corrected chi connectivity index (χ3v) is 3.38. The number of hydrogen-bond acceptors (Lipinski definition) is 7. The molecule has 1 aromatic rings. The van der Waals surface area contributed by atoms with Gasteiger partial charge < -0.3 is 15.4 Å². The Morgan fingerprint density at radius 1 is 1.38 bits per heavy atom. The standard InChI is InChI=1S/C13H21N5O3/c1-2-14-12-11(18(19)20)13(17-9-16-12)15-7-6-10-5-3-4-8-21-10/h9-10H,2-8H2,1H3,(H2,14,15,16,17). The first-order valence-electron chi connectivity index (χ1n) is 7.31. The van der Waals surface area contributed by atoms with Gasteiger partial charge in [0.2, 0.25) is 11.6 Å². The topological polar surface area (TPSA) is 102 Å². The summed E-state index contributed by atoms with van der Waals surface area (Å²) in [7, 11) is 0. The van der Waals surface area contributed by atoms with Crippen LogP contribution in [0.25, 0.3) is 0 Å². The van der Waals surface area contributed by atoms with Gasteiger partial charge in [-0.05, 0) is 32.6 Å². The Morgan fingerprint density at radius 2 is 2.14 bits per heavy atom. The first kappa shape index (κ1) is 15.4. The molecule has 1 aliphatic heterocycles. The van der Waals surface area contributed by atoms with Crippen molar-refractivity contribution in [1.29, 1.82) is 0 Å². The predicted octanol–water partition coefficient (Wildman–Crippen LogP) is 2.19. The Morgan fingerprint density at radius 3 is 2.76 bits per heavy atom. The van der Waals surface area contributed by atoms with Crippen molar-refractivity contribution < 1.29 is 9.66 Å². The number of nitro groups is 1. The van der Waals surface area contributed by atoms with Crippen LogP contribution in [0.4, 0.5) is 17.3 Å². The summed E-state index contributed by atoms with van der Waals surface area (Å²) in [5.74, 6) is 0.496. The number of ether oxygens (including phenoxy) is 1. The maximum atomic E-state index is 11.2. The maximum Gasteiger partial charge on any atom is 0.353 e. The largest absolute Gasteiger partial charge is 0.378 e. The average Bonchev–Trinajstić information content (AvgIpc) is 2.48. The lowest BCUT2D eigenvalue weighted by molar-refractivity contribution is -0.383. The van der Waals surface area contributed by atoms with Crippen LogP contribution in [-0.2, 0) is 4.74 Å². The summed E-state index contributed by atoms with van der Waals surface area (Å²) < 4.78 is 5.64. The molecule has 1 fully saturated rings. The molecular formula is C13H21N5O3. The molecule has 0 radical (unpaired) electrons. The van der Waals surface area contributed by atoms with E-state index in [9.17, 15) is 10.1 Å². The van der Waals surface area contributed by atoms with Crippen molar-refractivity contribution in [2.45, 2.75) is 38.7 Å². The van der Waals surface area contributed by atoms with E-state index in [1.54, 1.807) is 0 Å². The molecule has 0 saturated carbocycles. The van der Waals surface area contributed by atoms with Gasteiger partial charge >= 0.3 is 5.69 Å². The highest BCUT2D eigenvalue weighted by Crippen LogP contribution is 2.28. The van der Waals surface area contributed by atoms with Gasteiger partial charge in [0, 0.05) is 19.7 Å². The van der Waals surface area contributed by atoms with Gasteiger partial charge in [0.1, 0.15) is 6.33 Å². The Labute approximate surface area is 123 Å². The summed E-state index contributed by atoms with van der Waals surface area (Å²) in [5, 5.41) is 17.1. The van der Waals surface area contributed by atoms with Crippen LogP contribution in [-0.4, -0.2) is 40.7 Å². The van der Waals surface area contributed by atoms with Crippen LogP contribution >= 0.6 is 0 Å². The highest BCUT2D eigenvalue weighted by atomic mass is 16.6. The molecule has 0 spiro atoms. The van der Waals surface area contributed by atoms with Crippen LogP contribution in [0.2, 0.25) is 0 Å². The lowest BCUT2D eigenvalue weighted by Gasteiger charge is -2.22. The van der Waals surface area contributed by atoms with Crippen molar-refractivity contribution in [3.8, 4) is 0 Å². The third kappa shape index (κ3) is 4.25. The number of nitrogens with zero attached hydrogens (tertiary/aromatic N) is 3. The van der Waals surface area contributed by atoms with Crippen LogP contribution in [0.3, 0.4) is 0 Å². The fourth-order valence-electron chi connectivity index (χ4n) is 2.36. The Balaban J connectivity index is 1.98. The molecule has 1 aliphatic rings. The fourth-order valence-corrected chi connectivity index (χ4v) is 2.36. The molecular weight excluding hydrogens is 274 g/mol.